The lowest BCUT2D eigenvalue weighted by Crippen LogP contribution is -2.53. The van der Waals surface area contributed by atoms with Gasteiger partial charge in [0.2, 0.25) is 11.8 Å². The van der Waals surface area contributed by atoms with Crippen LogP contribution in [-0.4, -0.2) is 81.6 Å². The molecule has 1 unspecified atom stereocenters. The minimum Gasteiger partial charge on any atom is -0.465 e. The van der Waals surface area contributed by atoms with E-state index in [1.165, 1.54) is 4.90 Å². The van der Waals surface area contributed by atoms with E-state index >= 15 is 0 Å². The van der Waals surface area contributed by atoms with E-state index in [4.69, 9.17) is 4.74 Å². The first kappa shape index (κ1) is 23.4. The Balaban J connectivity index is 1.73. The number of cyclic esters (lactones) is 1. The summed E-state index contributed by atoms with van der Waals surface area (Å²) >= 11 is 1.55. The SMILES string of the molecule is CCCCCN1CC=C[C@]23S[C@@H]4/C=C\CCCCOC(=O)[C@@H]4[C@H]2C(=O)N(CCO)C3C1=O. The minimum absolute atomic E-state index is 0.0797. The van der Waals surface area contributed by atoms with Crippen LogP contribution in [0, 0.1) is 11.8 Å². The van der Waals surface area contributed by atoms with E-state index in [0.717, 1.165) is 38.5 Å². The number of thioether (sulfide) groups is 1. The molecule has 5 atom stereocenters. The van der Waals surface area contributed by atoms with Crippen molar-refractivity contribution in [3.05, 3.63) is 24.3 Å². The average molecular weight is 463 g/mol. The standard InChI is InChI=1S/C24H34N2O5S/c1-2-3-7-12-25-13-9-11-24-19(21(28)26(14-15-27)20(24)22(25)29)18-17(32-24)10-6-4-5-8-16-31-23(18)30/h6,9-11,17-20,27H,2-5,7-8,12-16H2,1H3/b10-6-/t17-,18+,19+,20?,24+/m1/s1. The molecule has 0 bridgehead atoms. The van der Waals surface area contributed by atoms with Gasteiger partial charge in [-0.15, -0.1) is 11.8 Å². The molecule has 2 amide bonds. The third-order valence-corrected chi connectivity index (χ3v) is 8.80. The van der Waals surface area contributed by atoms with Gasteiger partial charge in [-0.3, -0.25) is 14.4 Å². The van der Waals surface area contributed by atoms with Crippen molar-refractivity contribution in [3.8, 4) is 0 Å². The number of amides is 2. The van der Waals surface area contributed by atoms with Crippen LogP contribution in [0.4, 0.5) is 0 Å². The maximum absolute atomic E-state index is 13.8. The molecule has 0 radical (unpaired) electrons. The number of hydrogen-bond acceptors (Lipinski definition) is 6. The van der Waals surface area contributed by atoms with Gasteiger partial charge >= 0.3 is 5.97 Å². The molecule has 7 nitrogen and oxygen atoms in total. The summed E-state index contributed by atoms with van der Waals surface area (Å²) in [7, 11) is 0. The Morgan fingerprint density at radius 3 is 2.78 bits per heavy atom. The maximum Gasteiger partial charge on any atom is 0.311 e. The fraction of sp³-hybridized carbons (Fsp3) is 0.708. The smallest absolute Gasteiger partial charge is 0.311 e. The number of aliphatic hydroxyl groups excluding tert-OH is 1. The Morgan fingerprint density at radius 2 is 2.00 bits per heavy atom. The number of hydrogen-bond donors (Lipinski definition) is 1. The van der Waals surface area contributed by atoms with E-state index < -0.39 is 22.6 Å². The van der Waals surface area contributed by atoms with Crippen molar-refractivity contribution in [2.75, 3.05) is 32.8 Å². The van der Waals surface area contributed by atoms with Crippen molar-refractivity contribution in [3.63, 3.8) is 0 Å². The second-order valence-corrected chi connectivity index (χ2v) is 10.6. The molecule has 0 aromatic rings. The van der Waals surface area contributed by atoms with Crippen LogP contribution in [0.15, 0.2) is 24.3 Å². The molecule has 4 heterocycles. The number of esters is 1. The van der Waals surface area contributed by atoms with Crippen molar-refractivity contribution in [2.45, 2.75) is 61.5 Å². The number of likely N-dealkylation sites (tertiary alicyclic amines) is 1. The number of ether oxygens (including phenoxy) is 1. The summed E-state index contributed by atoms with van der Waals surface area (Å²) in [5.41, 5.74) is 0. The van der Waals surface area contributed by atoms with E-state index in [9.17, 15) is 19.5 Å². The van der Waals surface area contributed by atoms with Gasteiger partial charge in [0.05, 0.1) is 29.8 Å². The van der Waals surface area contributed by atoms with Gasteiger partial charge in [-0.2, -0.15) is 0 Å². The van der Waals surface area contributed by atoms with Gasteiger partial charge in [0.1, 0.15) is 6.04 Å². The Kier molecular flexibility index (Phi) is 7.30. The zero-order chi connectivity index (χ0) is 22.7. The molecule has 176 valence electrons. The molecule has 0 aromatic carbocycles. The summed E-state index contributed by atoms with van der Waals surface area (Å²) in [6.45, 7) is 3.51. The van der Waals surface area contributed by atoms with Crippen molar-refractivity contribution < 1.29 is 24.2 Å². The van der Waals surface area contributed by atoms with Gasteiger partial charge in [-0.25, -0.2) is 0 Å². The summed E-state index contributed by atoms with van der Waals surface area (Å²) in [6.07, 6.45) is 13.8. The number of carbonyl (C=O) groups is 3. The van der Waals surface area contributed by atoms with Crippen LogP contribution in [0.5, 0.6) is 0 Å². The van der Waals surface area contributed by atoms with E-state index in [2.05, 4.69) is 13.0 Å². The molecule has 1 N–H and O–H groups in total. The maximum atomic E-state index is 13.8. The van der Waals surface area contributed by atoms with Crippen molar-refractivity contribution >= 4 is 29.5 Å². The monoisotopic (exact) mass is 462 g/mol. The number of fused-ring (bicyclic) bond motifs is 2. The first-order chi connectivity index (χ1) is 15.5. The summed E-state index contributed by atoms with van der Waals surface area (Å²) < 4.78 is 4.76. The van der Waals surface area contributed by atoms with Gasteiger partial charge < -0.3 is 19.6 Å². The number of nitrogens with zero attached hydrogens (tertiary/aromatic N) is 2. The highest BCUT2D eigenvalue weighted by molar-refractivity contribution is 8.02. The van der Waals surface area contributed by atoms with Gasteiger partial charge in [-0.05, 0) is 25.7 Å². The Morgan fingerprint density at radius 1 is 1.16 bits per heavy atom. The second kappa shape index (κ2) is 10.00. The van der Waals surface area contributed by atoms with Crippen LogP contribution in [0.3, 0.4) is 0 Å². The normalized spacial score (nSPS) is 35.8. The predicted octanol–water partition coefficient (Wildman–Crippen LogP) is 2.15. The van der Waals surface area contributed by atoms with Crippen molar-refractivity contribution in [2.24, 2.45) is 11.8 Å². The van der Waals surface area contributed by atoms with Crippen LogP contribution in [0.25, 0.3) is 0 Å². The molecule has 4 aliphatic heterocycles. The summed E-state index contributed by atoms with van der Waals surface area (Å²) in [4.78, 5) is 44.0. The van der Waals surface area contributed by atoms with Crippen LogP contribution in [-0.2, 0) is 19.1 Å². The fourth-order valence-electron chi connectivity index (χ4n) is 5.56. The van der Waals surface area contributed by atoms with Crippen molar-refractivity contribution in [1.82, 2.24) is 9.80 Å². The number of unbranched alkanes of at least 4 members (excludes halogenated alkanes) is 2. The zero-order valence-corrected chi connectivity index (χ0v) is 19.6. The number of allylic oxidation sites excluding steroid dienone is 1. The molecule has 32 heavy (non-hydrogen) atoms. The number of rotatable bonds is 6. The largest absolute Gasteiger partial charge is 0.465 e. The van der Waals surface area contributed by atoms with E-state index in [1.807, 2.05) is 23.1 Å². The number of β-amino-alcohol motifs (C(OH)–C–C–N with tert-alkyl or cyclic N) is 1. The van der Waals surface area contributed by atoms with Gasteiger partial charge in [-0.1, -0.05) is 44.1 Å². The molecule has 2 saturated heterocycles. The predicted molar refractivity (Wildman–Crippen MR) is 123 cm³/mol. The number of aliphatic hydroxyl groups is 1. The molecule has 0 saturated carbocycles. The molecular weight excluding hydrogens is 428 g/mol. The molecule has 4 rings (SSSR count). The molecule has 2 fully saturated rings. The highest BCUT2D eigenvalue weighted by atomic mass is 32.2. The molecule has 4 aliphatic rings. The summed E-state index contributed by atoms with van der Waals surface area (Å²) in [5.74, 6) is -1.94. The molecule has 8 heteroatoms. The summed E-state index contributed by atoms with van der Waals surface area (Å²) in [6, 6.07) is -0.712. The molecule has 0 aromatic heterocycles. The molecule has 1 spiro atoms. The van der Waals surface area contributed by atoms with Crippen molar-refractivity contribution in [1.29, 1.82) is 0 Å². The molecular formula is C24H34N2O5S. The second-order valence-electron chi connectivity index (χ2n) is 9.08. The van der Waals surface area contributed by atoms with Crippen LogP contribution in [0.2, 0.25) is 0 Å². The Hall–Kier alpha value is -1.80. The molecule has 0 aliphatic carbocycles. The van der Waals surface area contributed by atoms with Crippen LogP contribution in [0.1, 0.15) is 45.4 Å². The van der Waals surface area contributed by atoms with E-state index in [1.54, 1.807) is 11.8 Å². The van der Waals surface area contributed by atoms with Gasteiger partial charge in [0.25, 0.3) is 0 Å². The van der Waals surface area contributed by atoms with Gasteiger partial charge in [0.15, 0.2) is 0 Å². The number of carbonyl (C=O) groups excluding carboxylic acids is 3. The lowest BCUT2D eigenvalue weighted by Gasteiger charge is -2.35. The third kappa shape index (κ3) is 4.00. The van der Waals surface area contributed by atoms with Crippen LogP contribution >= 0.6 is 11.8 Å². The fourth-order valence-corrected chi connectivity index (χ4v) is 7.57. The Bertz CT molecular complexity index is 799. The first-order valence-electron chi connectivity index (χ1n) is 11.9. The highest BCUT2D eigenvalue weighted by Crippen LogP contribution is 2.60. The average Bonchev–Trinajstić information content (AvgIpc) is 3.16. The topological polar surface area (TPSA) is 87.2 Å². The lowest BCUT2D eigenvalue weighted by atomic mass is 9.78. The van der Waals surface area contributed by atoms with E-state index in [0.29, 0.717) is 19.7 Å². The minimum atomic E-state index is -0.824. The third-order valence-electron chi connectivity index (χ3n) is 7.06. The van der Waals surface area contributed by atoms with E-state index in [-0.39, 0.29) is 36.2 Å². The lowest BCUT2D eigenvalue weighted by molar-refractivity contribution is -0.153. The first-order valence-corrected chi connectivity index (χ1v) is 12.8. The quantitative estimate of drug-likeness (QED) is 0.370. The zero-order valence-electron chi connectivity index (χ0n) is 18.8. The summed E-state index contributed by atoms with van der Waals surface area (Å²) in [5, 5.41) is 9.47. The highest BCUT2D eigenvalue weighted by Gasteiger charge is 2.70. The Labute approximate surface area is 194 Å². The van der Waals surface area contributed by atoms with Gasteiger partial charge in [0, 0.05) is 24.9 Å². The van der Waals surface area contributed by atoms with Crippen LogP contribution < -0.4 is 0 Å².